The van der Waals surface area contributed by atoms with Crippen molar-refractivity contribution in [2.75, 3.05) is 20.1 Å². The molecule has 0 aliphatic carbocycles. The molecular weight excluding hydrogens is 206 g/mol. The molecule has 0 aromatic heterocycles. The van der Waals surface area contributed by atoms with E-state index in [-0.39, 0.29) is 23.9 Å². The Labute approximate surface area is 97.4 Å². The molecule has 0 bridgehead atoms. The molecule has 0 heterocycles. The largest absolute Gasteiger partial charge is 0.347 e. The fourth-order valence-electron chi connectivity index (χ4n) is 1.01. The first-order chi connectivity index (χ1) is 7.26. The van der Waals surface area contributed by atoms with Gasteiger partial charge in [0.2, 0.25) is 11.8 Å². The van der Waals surface area contributed by atoms with Gasteiger partial charge in [-0.15, -0.1) is 0 Å². The summed E-state index contributed by atoms with van der Waals surface area (Å²) in [5.74, 6) is -0.209. The molecule has 5 heteroatoms. The van der Waals surface area contributed by atoms with Crippen LogP contribution in [0, 0.1) is 0 Å². The van der Waals surface area contributed by atoms with Crippen LogP contribution in [0.5, 0.6) is 0 Å². The molecular formula is C11H23N3O2. The minimum absolute atomic E-state index is 0.0637. The van der Waals surface area contributed by atoms with E-state index in [0.717, 1.165) is 0 Å². The summed E-state index contributed by atoms with van der Waals surface area (Å²) in [6, 6.07) is 0. The Morgan fingerprint density at radius 2 is 1.94 bits per heavy atom. The summed E-state index contributed by atoms with van der Waals surface area (Å²) in [4.78, 5) is 24.3. The van der Waals surface area contributed by atoms with Crippen molar-refractivity contribution in [3.05, 3.63) is 0 Å². The van der Waals surface area contributed by atoms with Crippen LogP contribution in [0.3, 0.4) is 0 Å². The van der Waals surface area contributed by atoms with Crippen LogP contribution in [0.15, 0.2) is 0 Å². The van der Waals surface area contributed by atoms with E-state index in [2.05, 4.69) is 5.32 Å². The van der Waals surface area contributed by atoms with Crippen LogP contribution in [0.2, 0.25) is 0 Å². The van der Waals surface area contributed by atoms with Crippen LogP contribution in [-0.4, -0.2) is 42.4 Å². The Hall–Kier alpha value is -1.10. The van der Waals surface area contributed by atoms with E-state index in [0.29, 0.717) is 19.4 Å². The van der Waals surface area contributed by atoms with Crippen molar-refractivity contribution in [3.8, 4) is 0 Å². The highest BCUT2D eigenvalue weighted by atomic mass is 16.2. The van der Waals surface area contributed by atoms with Gasteiger partial charge in [-0.2, -0.15) is 0 Å². The van der Waals surface area contributed by atoms with E-state index >= 15 is 0 Å². The smallest absolute Gasteiger partial charge is 0.241 e. The second kappa shape index (κ2) is 6.48. The molecule has 0 aliphatic heterocycles. The first-order valence-corrected chi connectivity index (χ1v) is 5.56. The molecule has 0 spiro atoms. The zero-order valence-electron chi connectivity index (χ0n) is 10.7. The lowest BCUT2D eigenvalue weighted by molar-refractivity contribution is -0.131. The average Bonchev–Trinajstić information content (AvgIpc) is 2.20. The monoisotopic (exact) mass is 229 g/mol. The van der Waals surface area contributed by atoms with E-state index in [9.17, 15) is 9.59 Å². The molecule has 0 unspecified atom stereocenters. The summed E-state index contributed by atoms with van der Waals surface area (Å²) in [7, 11) is 1.71. The Kier molecular flexibility index (Phi) is 6.03. The van der Waals surface area contributed by atoms with Crippen molar-refractivity contribution in [3.63, 3.8) is 0 Å². The first kappa shape index (κ1) is 14.9. The molecule has 0 atom stereocenters. The third-order valence-corrected chi connectivity index (χ3v) is 2.33. The van der Waals surface area contributed by atoms with Crippen LogP contribution < -0.4 is 11.1 Å². The third kappa shape index (κ3) is 7.23. The first-order valence-electron chi connectivity index (χ1n) is 5.56. The Morgan fingerprint density at radius 3 is 2.38 bits per heavy atom. The van der Waals surface area contributed by atoms with Crippen molar-refractivity contribution in [2.45, 2.75) is 39.2 Å². The van der Waals surface area contributed by atoms with Gasteiger partial charge >= 0.3 is 0 Å². The molecule has 0 aromatic carbocycles. The summed E-state index contributed by atoms with van der Waals surface area (Å²) in [6.45, 7) is 6.34. The van der Waals surface area contributed by atoms with E-state index < -0.39 is 0 Å². The topological polar surface area (TPSA) is 75.4 Å². The molecule has 0 saturated carbocycles. The van der Waals surface area contributed by atoms with E-state index in [4.69, 9.17) is 5.73 Å². The van der Waals surface area contributed by atoms with Crippen molar-refractivity contribution >= 4 is 11.8 Å². The van der Waals surface area contributed by atoms with Crippen LogP contribution in [0.4, 0.5) is 0 Å². The van der Waals surface area contributed by atoms with Crippen LogP contribution in [0.25, 0.3) is 0 Å². The highest BCUT2D eigenvalue weighted by molar-refractivity contribution is 5.84. The molecule has 0 aliphatic rings. The van der Waals surface area contributed by atoms with Gasteiger partial charge in [-0.05, 0) is 27.2 Å². The Morgan fingerprint density at radius 1 is 1.38 bits per heavy atom. The van der Waals surface area contributed by atoms with E-state index in [1.165, 1.54) is 0 Å². The Bertz CT molecular complexity index is 246. The number of hydrogen-bond donors (Lipinski definition) is 2. The van der Waals surface area contributed by atoms with Crippen LogP contribution in [-0.2, 0) is 9.59 Å². The molecule has 94 valence electrons. The van der Waals surface area contributed by atoms with Gasteiger partial charge < -0.3 is 16.0 Å². The lowest BCUT2D eigenvalue weighted by Gasteiger charge is -2.18. The van der Waals surface area contributed by atoms with Gasteiger partial charge in [-0.25, -0.2) is 0 Å². The summed E-state index contributed by atoms with van der Waals surface area (Å²) < 4.78 is 0. The van der Waals surface area contributed by atoms with Gasteiger partial charge in [0.25, 0.3) is 0 Å². The fourth-order valence-corrected chi connectivity index (χ4v) is 1.01. The Balaban J connectivity index is 3.78. The van der Waals surface area contributed by atoms with Gasteiger partial charge in [0.1, 0.15) is 0 Å². The lowest BCUT2D eigenvalue weighted by atomic mass is 10.00. The SMILES string of the molecule is CCN(C)C(=O)CNC(=O)CCC(C)(C)N. The second-order valence-electron chi connectivity index (χ2n) is 4.67. The predicted octanol–water partition coefficient (Wildman–Crippen LogP) is 0.0984. The number of amides is 2. The van der Waals surface area contributed by atoms with Crippen molar-refractivity contribution in [1.82, 2.24) is 10.2 Å². The molecule has 0 aromatic rings. The van der Waals surface area contributed by atoms with Crippen molar-refractivity contribution in [1.29, 1.82) is 0 Å². The molecule has 0 fully saturated rings. The average molecular weight is 229 g/mol. The summed E-state index contributed by atoms with van der Waals surface area (Å²) >= 11 is 0. The number of nitrogens with two attached hydrogens (primary N) is 1. The zero-order valence-corrected chi connectivity index (χ0v) is 10.7. The standard InChI is InChI=1S/C11H23N3O2/c1-5-14(4)10(16)8-13-9(15)6-7-11(2,3)12/h5-8,12H2,1-4H3,(H,13,15). The maximum atomic E-state index is 11.4. The maximum absolute atomic E-state index is 11.4. The quantitative estimate of drug-likeness (QED) is 0.678. The number of carbonyl (C=O) groups is 2. The number of carbonyl (C=O) groups excluding carboxylic acids is 2. The number of nitrogens with zero attached hydrogens (tertiary/aromatic N) is 1. The molecule has 5 nitrogen and oxygen atoms in total. The highest BCUT2D eigenvalue weighted by Gasteiger charge is 2.14. The van der Waals surface area contributed by atoms with Gasteiger partial charge in [-0.1, -0.05) is 0 Å². The van der Waals surface area contributed by atoms with E-state index in [1.807, 2.05) is 20.8 Å². The lowest BCUT2D eigenvalue weighted by Crippen LogP contribution is -2.39. The summed E-state index contributed by atoms with van der Waals surface area (Å²) in [5, 5.41) is 2.58. The second-order valence-corrected chi connectivity index (χ2v) is 4.67. The van der Waals surface area contributed by atoms with Crippen molar-refractivity contribution < 1.29 is 9.59 Å². The molecule has 0 rings (SSSR count). The zero-order chi connectivity index (χ0) is 12.8. The number of nitrogens with one attached hydrogen (secondary N) is 1. The summed E-state index contributed by atoms with van der Waals surface area (Å²) in [5.41, 5.74) is 5.41. The minimum Gasteiger partial charge on any atom is -0.347 e. The number of hydrogen-bond acceptors (Lipinski definition) is 3. The highest BCUT2D eigenvalue weighted by Crippen LogP contribution is 2.06. The van der Waals surface area contributed by atoms with Gasteiger partial charge in [0, 0.05) is 25.6 Å². The molecule has 2 amide bonds. The minimum atomic E-state index is -0.346. The van der Waals surface area contributed by atoms with Gasteiger partial charge in [0.15, 0.2) is 0 Å². The fraction of sp³-hybridized carbons (Fsp3) is 0.818. The van der Waals surface area contributed by atoms with Crippen LogP contribution in [0.1, 0.15) is 33.6 Å². The van der Waals surface area contributed by atoms with Crippen LogP contribution >= 0.6 is 0 Å². The van der Waals surface area contributed by atoms with Gasteiger partial charge in [-0.3, -0.25) is 9.59 Å². The molecule has 3 N–H and O–H groups in total. The molecule has 0 saturated heterocycles. The summed E-state index contributed by atoms with van der Waals surface area (Å²) in [6.07, 6.45) is 0.962. The third-order valence-electron chi connectivity index (χ3n) is 2.33. The van der Waals surface area contributed by atoms with Gasteiger partial charge in [0.05, 0.1) is 6.54 Å². The molecule has 16 heavy (non-hydrogen) atoms. The number of rotatable bonds is 6. The normalized spacial score (nSPS) is 11.1. The number of likely N-dealkylation sites (N-methyl/N-ethyl adjacent to an activating group) is 1. The molecule has 0 radical (unpaired) electrons. The maximum Gasteiger partial charge on any atom is 0.241 e. The van der Waals surface area contributed by atoms with E-state index in [1.54, 1.807) is 11.9 Å². The predicted molar refractivity (Wildman–Crippen MR) is 63.8 cm³/mol. The van der Waals surface area contributed by atoms with Crippen molar-refractivity contribution in [2.24, 2.45) is 5.73 Å².